The van der Waals surface area contributed by atoms with Gasteiger partial charge >= 0.3 is 0 Å². The Labute approximate surface area is 101 Å². The molecule has 1 saturated heterocycles. The maximum absolute atomic E-state index is 6.16. The van der Waals surface area contributed by atoms with Gasteiger partial charge in [-0.05, 0) is 36.7 Å². The second-order valence-corrected chi connectivity index (χ2v) is 5.86. The van der Waals surface area contributed by atoms with Gasteiger partial charge in [0.15, 0.2) is 0 Å². The molecule has 0 bridgehead atoms. The number of rotatable bonds is 4. The Kier molecular flexibility index (Phi) is 4.23. The number of hydrogen-bond acceptors (Lipinski definition) is 4. The van der Waals surface area contributed by atoms with Crippen LogP contribution in [0.3, 0.4) is 0 Å². The third-order valence-electron chi connectivity index (χ3n) is 3.10. The lowest BCUT2D eigenvalue weighted by Gasteiger charge is -2.23. The lowest BCUT2D eigenvalue weighted by Crippen LogP contribution is -2.27. The second-order valence-electron chi connectivity index (χ2n) is 4.64. The van der Waals surface area contributed by atoms with E-state index in [4.69, 9.17) is 5.73 Å². The fourth-order valence-corrected chi connectivity index (χ4v) is 3.46. The normalized spacial score (nSPS) is 19.9. The summed E-state index contributed by atoms with van der Waals surface area (Å²) >= 11 is 2.07. The van der Waals surface area contributed by atoms with E-state index >= 15 is 0 Å². The summed E-state index contributed by atoms with van der Waals surface area (Å²) in [7, 11) is 1.89. The van der Waals surface area contributed by atoms with E-state index in [1.54, 1.807) is 4.68 Å². The molecule has 0 amide bonds. The standard InChI is InChI=1S/C11H20N4S/c1-15-8-11(13-14-15)7-10(12)6-9-2-4-16-5-3-9/h8-10H,2-7,12H2,1H3. The van der Waals surface area contributed by atoms with Gasteiger partial charge in [-0.25, -0.2) is 0 Å². The number of thioether (sulfide) groups is 1. The predicted octanol–water partition coefficient (Wildman–Crippen LogP) is 1.22. The number of aromatic nitrogens is 3. The SMILES string of the molecule is Cn1cc(CC(N)CC2CCSCC2)nn1. The molecule has 0 radical (unpaired) electrons. The van der Waals surface area contributed by atoms with Crippen molar-refractivity contribution in [3.8, 4) is 0 Å². The largest absolute Gasteiger partial charge is 0.327 e. The highest BCUT2D eigenvalue weighted by molar-refractivity contribution is 7.99. The molecule has 2 rings (SSSR count). The highest BCUT2D eigenvalue weighted by Crippen LogP contribution is 2.26. The van der Waals surface area contributed by atoms with Crippen molar-refractivity contribution < 1.29 is 0 Å². The first-order valence-corrected chi connectivity index (χ1v) is 7.08. The van der Waals surface area contributed by atoms with E-state index in [0.29, 0.717) is 0 Å². The molecule has 1 unspecified atom stereocenters. The molecule has 1 aliphatic heterocycles. The third-order valence-corrected chi connectivity index (χ3v) is 4.15. The molecule has 2 N–H and O–H groups in total. The van der Waals surface area contributed by atoms with Crippen LogP contribution in [0.25, 0.3) is 0 Å². The number of nitrogens with two attached hydrogens (primary N) is 1. The molecule has 1 atom stereocenters. The van der Waals surface area contributed by atoms with Crippen LogP contribution in [-0.4, -0.2) is 32.5 Å². The van der Waals surface area contributed by atoms with Gasteiger partial charge in [-0.15, -0.1) is 5.10 Å². The molecular formula is C11H20N4S. The molecule has 16 heavy (non-hydrogen) atoms. The Hall–Kier alpha value is -0.550. The zero-order valence-electron chi connectivity index (χ0n) is 9.80. The topological polar surface area (TPSA) is 56.7 Å². The van der Waals surface area contributed by atoms with Crippen LogP contribution in [0.2, 0.25) is 0 Å². The summed E-state index contributed by atoms with van der Waals surface area (Å²) in [6, 6.07) is 0.241. The summed E-state index contributed by atoms with van der Waals surface area (Å²) in [5.74, 6) is 3.44. The minimum absolute atomic E-state index is 0.241. The summed E-state index contributed by atoms with van der Waals surface area (Å²) in [6.45, 7) is 0. The summed E-state index contributed by atoms with van der Waals surface area (Å²) < 4.78 is 1.74. The lowest BCUT2D eigenvalue weighted by atomic mass is 9.93. The zero-order valence-corrected chi connectivity index (χ0v) is 10.6. The van der Waals surface area contributed by atoms with E-state index in [9.17, 15) is 0 Å². The number of aryl methyl sites for hydroxylation is 1. The minimum Gasteiger partial charge on any atom is -0.327 e. The molecule has 0 aromatic carbocycles. The summed E-state index contributed by atoms with van der Waals surface area (Å²) in [4.78, 5) is 0. The van der Waals surface area contributed by atoms with Crippen molar-refractivity contribution in [3.63, 3.8) is 0 Å². The number of hydrogen-bond donors (Lipinski definition) is 1. The Bertz CT molecular complexity index is 320. The van der Waals surface area contributed by atoms with Crippen molar-refractivity contribution in [2.75, 3.05) is 11.5 Å². The highest BCUT2D eigenvalue weighted by atomic mass is 32.2. The molecule has 1 aromatic heterocycles. The minimum atomic E-state index is 0.241. The molecule has 5 heteroatoms. The molecule has 0 saturated carbocycles. The van der Waals surface area contributed by atoms with Gasteiger partial charge in [-0.1, -0.05) is 5.21 Å². The summed E-state index contributed by atoms with van der Waals surface area (Å²) in [6.07, 6.45) is 6.61. The quantitative estimate of drug-likeness (QED) is 0.859. The smallest absolute Gasteiger partial charge is 0.0842 e. The van der Waals surface area contributed by atoms with Gasteiger partial charge in [0.2, 0.25) is 0 Å². The first-order chi connectivity index (χ1) is 7.74. The van der Waals surface area contributed by atoms with Crippen molar-refractivity contribution in [1.29, 1.82) is 0 Å². The molecule has 4 nitrogen and oxygen atoms in total. The fourth-order valence-electron chi connectivity index (χ4n) is 2.25. The first-order valence-electron chi connectivity index (χ1n) is 5.92. The van der Waals surface area contributed by atoms with Gasteiger partial charge in [-0.2, -0.15) is 11.8 Å². The van der Waals surface area contributed by atoms with E-state index in [2.05, 4.69) is 22.1 Å². The molecule has 1 aliphatic rings. The zero-order chi connectivity index (χ0) is 11.4. The van der Waals surface area contributed by atoms with Crippen molar-refractivity contribution >= 4 is 11.8 Å². The first kappa shape index (κ1) is 11.9. The van der Waals surface area contributed by atoms with E-state index in [0.717, 1.165) is 24.5 Å². The molecule has 0 spiro atoms. The van der Waals surface area contributed by atoms with Crippen LogP contribution in [0.4, 0.5) is 0 Å². The Morgan fingerprint density at radius 2 is 2.31 bits per heavy atom. The molecule has 1 fully saturated rings. The van der Waals surface area contributed by atoms with Gasteiger partial charge in [0.25, 0.3) is 0 Å². The van der Waals surface area contributed by atoms with Crippen molar-refractivity contribution in [1.82, 2.24) is 15.0 Å². The fraction of sp³-hybridized carbons (Fsp3) is 0.818. The van der Waals surface area contributed by atoms with Gasteiger partial charge in [0.05, 0.1) is 5.69 Å². The second kappa shape index (κ2) is 5.68. The van der Waals surface area contributed by atoms with E-state index in [1.807, 2.05) is 13.2 Å². The average molecular weight is 240 g/mol. The molecule has 1 aromatic rings. The Morgan fingerprint density at radius 1 is 1.56 bits per heavy atom. The van der Waals surface area contributed by atoms with Crippen molar-refractivity contribution in [2.45, 2.75) is 31.7 Å². The van der Waals surface area contributed by atoms with Crippen molar-refractivity contribution in [2.24, 2.45) is 18.7 Å². The van der Waals surface area contributed by atoms with Crippen LogP contribution in [0, 0.1) is 5.92 Å². The van der Waals surface area contributed by atoms with Gasteiger partial charge in [0.1, 0.15) is 0 Å². The van der Waals surface area contributed by atoms with Crippen LogP contribution < -0.4 is 5.73 Å². The Morgan fingerprint density at radius 3 is 2.94 bits per heavy atom. The highest BCUT2D eigenvalue weighted by Gasteiger charge is 2.17. The van der Waals surface area contributed by atoms with Gasteiger partial charge in [-0.3, -0.25) is 4.68 Å². The average Bonchev–Trinajstić information content (AvgIpc) is 2.65. The van der Waals surface area contributed by atoms with E-state index < -0.39 is 0 Å². The summed E-state index contributed by atoms with van der Waals surface area (Å²) in [5.41, 5.74) is 7.18. The van der Waals surface area contributed by atoms with Crippen LogP contribution >= 0.6 is 11.8 Å². The van der Waals surface area contributed by atoms with Crippen LogP contribution in [0.5, 0.6) is 0 Å². The van der Waals surface area contributed by atoms with Crippen molar-refractivity contribution in [3.05, 3.63) is 11.9 Å². The molecule has 0 aliphatic carbocycles. The van der Waals surface area contributed by atoms with Crippen LogP contribution in [0.15, 0.2) is 6.20 Å². The summed E-state index contributed by atoms with van der Waals surface area (Å²) in [5, 5.41) is 8.00. The molecular weight excluding hydrogens is 220 g/mol. The van der Waals surface area contributed by atoms with Gasteiger partial charge in [0, 0.05) is 25.7 Å². The van der Waals surface area contributed by atoms with E-state index in [-0.39, 0.29) is 6.04 Å². The predicted molar refractivity (Wildman–Crippen MR) is 67.3 cm³/mol. The van der Waals surface area contributed by atoms with Crippen LogP contribution in [-0.2, 0) is 13.5 Å². The number of nitrogens with zero attached hydrogens (tertiary/aromatic N) is 3. The Balaban J connectivity index is 1.77. The maximum Gasteiger partial charge on any atom is 0.0842 e. The van der Waals surface area contributed by atoms with Gasteiger partial charge < -0.3 is 5.73 Å². The maximum atomic E-state index is 6.16. The third kappa shape index (κ3) is 3.49. The molecule has 2 heterocycles. The van der Waals surface area contributed by atoms with E-state index in [1.165, 1.54) is 24.3 Å². The monoisotopic (exact) mass is 240 g/mol. The molecule has 90 valence electrons. The lowest BCUT2D eigenvalue weighted by molar-refractivity contribution is 0.404. The van der Waals surface area contributed by atoms with Crippen LogP contribution in [0.1, 0.15) is 25.0 Å².